The van der Waals surface area contributed by atoms with E-state index in [1.165, 1.54) is 23.8 Å². The maximum Gasteiger partial charge on any atom is 0.0737 e. The average molecular weight is 212 g/mol. The Morgan fingerprint density at radius 1 is 1.12 bits per heavy atom. The monoisotopic (exact) mass is 212 g/mol. The van der Waals surface area contributed by atoms with Crippen LogP contribution >= 0.6 is 0 Å². The fraction of sp³-hybridized carbons (Fsp3) is 0.357. The number of nitrogens with two attached hydrogens (primary N) is 1. The minimum absolute atomic E-state index is 0.313. The van der Waals surface area contributed by atoms with Crippen LogP contribution in [0.15, 0.2) is 36.5 Å². The molecule has 1 aliphatic rings. The molecule has 0 radical (unpaired) electrons. The summed E-state index contributed by atoms with van der Waals surface area (Å²) in [6.07, 6.45) is 5.46. The number of aromatic nitrogens is 1. The number of fused-ring (bicyclic) bond motifs is 1. The van der Waals surface area contributed by atoms with Gasteiger partial charge in [-0.1, -0.05) is 30.7 Å². The van der Waals surface area contributed by atoms with Crippen molar-refractivity contribution in [1.82, 2.24) is 4.98 Å². The Labute approximate surface area is 95.5 Å². The standard InChI is InChI=1S/C14H16N2/c15-13-8-2-6-11(13)12-7-1-4-10-5-3-9-16-14(10)12/h1,3-5,7,9,11,13H,2,6,8,15H2. The molecule has 2 nitrogen and oxygen atoms in total. The molecule has 2 aromatic rings. The summed E-state index contributed by atoms with van der Waals surface area (Å²) in [5.74, 6) is 0.499. The van der Waals surface area contributed by atoms with Crippen molar-refractivity contribution in [2.45, 2.75) is 31.2 Å². The topological polar surface area (TPSA) is 38.9 Å². The van der Waals surface area contributed by atoms with Gasteiger partial charge in [0.25, 0.3) is 0 Å². The van der Waals surface area contributed by atoms with Crippen molar-refractivity contribution in [2.75, 3.05) is 0 Å². The molecule has 0 spiro atoms. The molecule has 2 atom stereocenters. The Kier molecular flexibility index (Phi) is 2.37. The van der Waals surface area contributed by atoms with Gasteiger partial charge in [-0.25, -0.2) is 0 Å². The highest BCUT2D eigenvalue weighted by molar-refractivity contribution is 5.82. The van der Waals surface area contributed by atoms with E-state index in [1.54, 1.807) is 0 Å². The summed E-state index contributed by atoms with van der Waals surface area (Å²) in [6, 6.07) is 10.8. The number of hydrogen-bond acceptors (Lipinski definition) is 2. The van der Waals surface area contributed by atoms with Crippen molar-refractivity contribution >= 4 is 10.9 Å². The first-order valence-electron chi connectivity index (χ1n) is 5.95. The van der Waals surface area contributed by atoms with Gasteiger partial charge in [0, 0.05) is 23.5 Å². The van der Waals surface area contributed by atoms with Crippen LogP contribution in [0.2, 0.25) is 0 Å². The number of para-hydroxylation sites is 1. The van der Waals surface area contributed by atoms with Crippen LogP contribution in [-0.4, -0.2) is 11.0 Å². The van der Waals surface area contributed by atoms with E-state index in [1.807, 2.05) is 12.3 Å². The first-order chi connectivity index (χ1) is 7.86. The molecule has 1 aliphatic carbocycles. The Hall–Kier alpha value is -1.41. The maximum absolute atomic E-state index is 6.17. The van der Waals surface area contributed by atoms with Crippen LogP contribution < -0.4 is 5.73 Å². The van der Waals surface area contributed by atoms with Crippen LogP contribution in [0.1, 0.15) is 30.7 Å². The average Bonchev–Trinajstić information content (AvgIpc) is 2.75. The third kappa shape index (κ3) is 1.50. The fourth-order valence-corrected chi connectivity index (χ4v) is 2.80. The van der Waals surface area contributed by atoms with Gasteiger partial charge >= 0.3 is 0 Å². The van der Waals surface area contributed by atoms with E-state index in [2.05, 4.69) is 29.2 Å². The second kappa shape index (κ2) is 3.87. The number of benzene rings is 1. The van der Waals surface area contributed by atoms with Crippen molar-refractivity contribution < 1.29 is 0 Å². The molecule has 2 unspecified atom stereocenters. The Bertz CT molecular complexity index is 502. The van der Waals surface area contributed by atoms with Crippen LogP contribution in [-0.2, 0) is 0 Å². The summed E-state index contributed by atoms with van der Waals surface area (Å²) in [5.41, 5.74) is 8.64. The largest absolute Gasteiger partial charge is 0.327 e. The molecule has 0 amide bonds. The molecule has 16 heavy (non-hydrogen) atoms. The van der Waals surface area contributed by atoms with Crippen molar-refractivity contribution in [2.24, 2.45) is 5.73 Å². The Balaban J connectivity index is 2.16. The van der Waals surface area contributed by atoms with Crippen molar-refractivity contribution in [3.63, 3.8) is 0 Å². The van der Waals surface area contributed by atoms with E-state index in [0.29, 0.717) is 12.0 Å². The summed E-state index contributed by atoms with van der Waals surface area (Å²) in [5, 5.41) is 1.22. The quantitative estimate of drug-likeness (QED) is 0.789. The predicted molar refractivity (Wildman–Crippen MR) is 66.3 cm³/mol. The molecule has 2 heteroatoms. The van der Waals surface area contributed by atoms with Crippen LogP contribution in [0.5, 0.6) is 0 Å². The second-order valence-corrected chi connectivity index (χ2v) is 4.62. The number of pyridine rings is 1. The minimum Gasteiger partial charge on any atom is -0.327 e. The number of rotatable bonds is 1. The van der Waals surface area contributed by atoms with Crippen molar-refractivity contribution in [3.8, 4) is 0 Å². The lowest BCUT2D eigenvalue weighted by Gasteiger charge is -2.17. The molecule has 2 N–H and O–H groups in total. The SMILES string of the molecule is NC1CCCC1c1cccc2cccnc12. The molecule has 82 valence electrons. The van der Waals surface area contributed by atoms with Crippen LogP contribution in [0.25, 0.3) is 10.9 Å². The highest BCUT2D eigenvalue weighted by Gasteiger charge is 2.26. The summed E-state index contributed by atoms with van der Waals surface area (Å²) < 4.78 is 0. The second-order valence-electron chi connectivity index (χ2n) is 4.62. The highest BCUT2D eigenvalue weighted by Crippen LogP contribution is 2.36. The zero-order valence-electron chi connectivity index (χ0n) is 9.26. The van der Waals surface area contributed by atoms with Gasteiger partial charge in [0.15, 0.2) is 0 Å². The summed E-state index contributed by atoms with van der Waals surface area (Å²) in [7, 11) is 0. The third-order valence-corrected chi connectivity index (χ3v) is 3.63. The zero-order chi connectivity index (χ0) is 11.0. The first-order valence-corrected chi connectivity index (χ1v) is 5.95. The van der Waals surface area contributed by atoms with Gasteiger partial charge in [-0.2, -0.15) is 0 Å². The fourth-order valence-electron chi connectivity index (χ4n) is 2.80. The molecule has 0 bridgehead atoms. The smallest absolute Gasteiger partial charge is 0.0737 e. The first kappa shape index (κ1) is 9.79. The molecule has 1 saturated carbocycles. The molecule has 1 aromatic heterocycles. The van der Waals surface area contributed by atoms with E-state index in [0.717, 1.165) is 11.9 Å². The van der Waals surface area contributed by atoms with Gasteiger partial charge in [-0.3, -0.25) is 4.98 Å². The molecule has 1 heterocycles. The number of hydrogen-bond donors (Lipinski definition) is 1. The Morgan fingerprint density at radius 3 is 2.81 bits per heavy atom. The van der Waals surface area contributed by atoms with Crippen LogP contribution in [0, 0.1) is 0 Å². The zero-order valence-corrected chi connectivity index (χ0v) is 9.26. The predicted octanol–water partition coefficient (Wildman–Crippen LogP) is 2.83. The molecular formula is C14H16N2. The van der Waals surface area contributed by atoms with E-state index in [4.69, 9.17) is 5.73 Å². The van der Waals surface area contributed by atoms with Gasteiger partial charge in [0.1, 0.15) is 0 Å². The molecule has 1 aromatic carbocycles. The molecule has 3 rings (SSSR count). The number of nitrogens with zero attached hydrogens (tertiary/aromatic N) is 1. The van der Waals surface area contributed by atoms with Gasteiger partial charge in [0.2, 0.25) is 0 Å². The van der Waals surface area contributed by atoms with Gasteiger partial charge < -0.3 is 5.73 Å². The summed E-state index contributed by atoms with van der Waals surface area (Å²) >= 11 is 0. The van der Waals surface area contributed by atoms with Crippen LogP contribution in [0.4, 0.5) is 0 Å². The van der Waals surface area contributed by atoms with Crippen molar-refractivity contribution in [1.29, 1.82) is 0 Å². The lowest BCUT2D eigenvalue weighted by molar-refractivity contribution is 0.616. The van der Waals surface area contributed by atoms with Gasteiger partial charge in [-0.15, -0.1) is 0 Å². The molecule has 0 aliphatic heterocycles. The highest BCUT2D eigenvalue weighted by atomic mass is 14.7. The third-order valence-electron chi connectivity index (χ3n) is 3.63. The normalized spacial score (nSPS) is 25.1. The minimum atomic E-state index is 0.313. The summed E-state index contributed by atoms with van der Waals surface area (Å²) in [4.78, 5) is 4.50. The van der Waals surface area contributed by atoms with Crippen molar-refractivity contribution in [3.05, 3.63) is 42.1 Å². The lowest BCUT2D eigenvalue weighted by Crippen LogP contribution is -2.22. The van der Waals surface area contributed by atoms with Gasteiger partial charge in [0.05, 0.1) is 5.52 Å². The molecule has 1 fully saturated rings. The van der Waals surface area contributed by atoms with E-state index in [-0.39, 0.29) is 0 Å². The molecular weight excluding hydrogens is 196 g/mol. The van der Waals surface area contributed by atoms with E-state index >= 15 is 0 Å². The maximum atomic E-state index is 6.17. The lowest BCUT2D eigenvalue weighted by atomic mass is 9.92. The van der Waals surface area contributed by atoms with Crippen LogP contribution in [0.3, 0.4) is 0 Å². The van der Waals surface area contributed by atoms with Gasteiger partial charge in [-0.05, 0) is 24.5 Å². The van der Waals surface area contributed by atoms with E-state index < -0.39 is 0 Å². The molecule has 0 saturated heterocycles. The van der Waals surface area contributed by atoms with E-state index in [9.17, 15) is 0 Å². The Morgan fingerprint density at radius 2 is 2.00 bits per heavy atom. The summed E-state index contributed by atoms with van der Waals surface area (Å²) in [6.45, 7) is 0.